The van der Waals surface area contributed by atoms with E-state index >= 15 is 0 Å². The molecule has 0 atom stereocenters. The first-order chi connectivity index (χ1) is 8.65. The number of carbonyl (C=O) groups is 2. The molecule has 0 aliphatic heterocycles. The Morgan fingerprint density at radius 3 is 2.78 bits per heavy atom. The summed E-state index contributed by atoms with van der Waals surface area (Å²) in [5, 5.41) is 12.1. The molecule has 1 aromatic rings. The van der Waals surface area contributed by atoms with Crippen molar-refractivity contribution in [3.8, 4) is 0 Å². The summed E-state index contributed by atoms with van der Waals surface area (Å²) in [7, 11) is 0. The van der Waals surface area contributed by atoms with E-state index in [1.807, 2.05) is 0 Å². The molecule has 0 spiro atoms. The van der Waals surface area contributed by atoms with Gasteiger partial charge < -0.3 is 10.4 Å². The number of allylic oxidation sites excluding steroid dienone is 1. The second-order valence-corrected chi connectivity index (χ2v) is 5.39. The quantitative estimate of drug-likeness (QED) is 0.821. The molecule has 1 aromatic heterocycles. The Bertz CT molecular complexity index is 490. The SMILES string of the molecule is O=C(CC1=CCCCC1)Nc1ccc(C(=O)O)s1. The van der Waals surface area contributed by atoms with E-state index in [9.17, 15) is 9.59 Å². The van der Waals surface area contributed by atoms with Gasteiger partial charge in [-0.1, -0.05) is 11.6 Å². The minimum absolute atomic E-state index is 0.0676. The van der Waals surface area contributed by atoms with E-state index < -0.39 is 5.97 Å². The second kappa shape index (κ2) is 5.82. The topological polar surface area (TPSA) is 66.4 Å². The standard InChI is InChI=1S/C13H15NO3S/c15-11(8-9-4-2-1-3-5-9)14-12-7-6-10(18-12)13(16)17/h4,6-7H,1-3,5,8H2,(H,14,15)(H,16,17). The molecule has 0 aromatic carbocycles. The first kappa shape index (κ1) is 12.8. The molecule has 2 N–H and O–H groups in total. The summed E-state index contributed by atoms with van der Waals surface area (Å²) in [5.74, 6) is -1.03. The van der Waals surface area contributed by atoms with Crippen LogP contribution >= 0.6 is 11.3 Å². The maximum atomic E-state index is 11.8. The summed E-state index contributed by atoms with van der Waals surface area (Å²) in [6, 6.07) is 3.13. The molecule has 1 amide bonds. The summed E-state index contributed by atoms with van der Waals surface area (Å²) in [5.41, 5.74) is 1.19. The van der Waals surface area contributed by atoms with Crippen molar-refractivity contribution in [2.45, 2.75) is 32.1 Å². The lowest BCUT2D eigenvalue weighted by Crippen LogP contribution is -2.12. The molecule has 2 rings (SSSR count). The molecular formula is C13H15NO3S. The van der Waals surface area contributed by atoms with Crippen LogP contribution in [-0.4, -0.2) is 17.0 Å². The fourth-order valence-corrected chi connectivity index (χ4v) is 2.73. The van der Waals surface area contributed by atoms with Gasteiger partial charge in [-0.05, 0) is 37.8 Å². The third-order valence-electron chi connectivity index (χ3n) is 2.85. The number of aromatic carboxylic acids is 1. The van der Waals surface area contributed by atoms with E-state index in [1.54, 1.807) is 6.07 Å². The number of nitrogens with one attached hydrogen (secondary N) is 1. The fourth-order valence-electron chi connectivity index (χ4n) is 1.97. The van der Waals surface area contributed by atoms with Crippen molar-refractivity contribution in [2.75, 3.05) is 5.32 Å². The Balaban J connectivity index is 1.90. The Kier molecular flexibility index (Phi) is 4.15. The molecule has 0 bridgehead atoms. The van der Waals surface area contributed by atoms with Gasteiger partial charge in [-0.2, -0.15) is 0 Å². The number of carboxylic acids is 1. The third kappa shape index (κ3) is 3.43. The van der Waals surface area contributed by atoms with Gasteiger partial charge >= 0.3 is 5.97 Å². The van der Waals surface area contributed by atoms with Crippen molar-refractivity contribution in [1.29, 1.82) is 0 Å². The zero-order chi connectivity index (χ0) is 13.0. The first-order valence-corrected chi connectivity index (χ1v) is 6.77. The average Bonchev–Trinajstić information content (AvgIpc) is 2.78. The van der Waals surface area contributed by atoms with Crippen LogP contribution in [0.5, 0.6) is 0 Å². The van der Waals surface area contributed by atoms with E-state index in [2.05, 4.69) is 11.4 Å². The van der Waals surface area contributed by atoms with Crippen molar-refractivity contribution < 1.29 is 14.7 Å². The first-order valence-electron chi connectivity index (χ1n) is 5.96. The van der Waals surface area contributed by atoms with Gasteiger partial charge in [0.1, 0.15) is 4.88 Å². The molecule has 0 radical (unpaired) electrons. The zero-order valence-corrected chi connectivity index (χ0v) is 10.8. The fraction of sp³-hybridized carbons (Fsp3) is 0.385. The summed E-state index contributed by atoms with van der Waals surface area (Å²) in [6.07, 6.45) is 6.97. The number of thiophene rings is 1. The smallest absolute Gasteiger partial charge is 0.345 e. The Hall–Kier alpha value is -1.62. The number of amides is 1. The normalized spacial score (nSPS) is 15.0. The van der Waals surface area contributed by atoms with Crippen LogP contribution in [-0.2, 0) is 4.79 Å². The van der Waals surface area contributed by atoms with Gasteiger partial charge in [-0.15, -0.1) is 11.3 Å². The highest BCUT2D eigenvalue weighted by Gasteiger charge is 2.12. The number of anilines is 1. The lowest BCUT2D eigenvalue weighted by Gasteiger charge is -2.11. The molecule has 18 heavy (non-hydrogen) atoms. The predicted molar refractivity (Wildman–Crippen MR) is 71.1 cm³/mol. The number of carbonyl (C=O) groups excluding carboxylic acids is 1. The van der Waals surface area contributed by atoms with Crippen LogP contribution in [0.4, 0.5) is 5.00 Å². The maximum Gasteiger partial charge on any atom is 0.345 e. The van der Waals surface area contributed by atoms with Crippen molar-refractivity contribution in [1.82, 2.24) is 0 Å². The molecule has 0 saturated heterocycles. The predicted octanol–water partition coefficient (Wildman–Crippen LogP) is 3.28. The van der Waals surface area contributed by atoms with Gasteiger partial charge in [0.05, 0.1) is 5.00 Å². The van der Waals surface area contributed by atoms with E-state index in [0.29, 0.717) is 11.4 Å². The van der Waals surface area contributed by atoms with Gasteiger partial charge in [-0.3, -0.25) is 4.79 Å². The van der Waals surface area contributed by atoms with Crippen LogP contribution in [0.2, 0.25) is 0 Å². The Morgan fingerprint density at radius 1 is 1.33 bits per heavy atom. The number of rotatable bonds is 4. The summed E-state index contributed by atoms with van der Waals surface area (Å²) in [4.78, 5) is 22.7. The molecule has 1 aliphatic rings. The number of hydrogen-bond donors (Lipinski definition) is 2. The zero-order valence-electron chi connectivity index (χ0n) is 9.94. The number of carboxylic acid groups (broad SMARTS) is 1. The van der Waals surface area contributed by atoms with Gasteiger partial charge in [0.15, 0.2) is 0 Å². The van der Waals surface area contributed by atoms with Crippen LogP contribution in [0.25, 0.3) is 0 Å². The average molecular weight is 265 g/mol. The van der Waals surface area contributed by atoms with E-state index in [4.69, 9.17) is 5.11 Å². The van der Waals surface area contributed by atoms with Crippen molar-refractivity contribution in [3.05, 3.63) is 28.7 Å². The van der Waals surface area contributed by atoms with Crippen LogP contribution in [0, 0.1) is 0 Å². The molecule has 0 unspecified atom stereocenters. The minimum atomic E-state index is -0.963. The molecule has 96 valence electrons. The lowest BCUT2D eigenvalue weighted by atomic mass is 9.97. The molecule has 1 heterocycles. The highest BCUT2D eigenvalue weighted by atomic mass is 32.1. The monoisotopic (exact) mass is 265 g/mol. The third-order valence-corrected chi connectivity index (χ3v) is 3.84. The van der Waals surface area contributed by atoms with Crippen molar-refractivity contribution in [2.24, 2.45) is 0 Å². The van der Waals surface area contributed by atoms with Crippen LogP contribution < -0.4 is 5.32 Å². The molecule has 0 fully saturated rings. The number of hydrogen-bond acceptors (Lipinski definition) is 3. The molecule has 0 saturated carbocycles. The van der Waals surface area contributed by atoms with Gasteiger partial charge in [0.25, 0.3) is 0 Å². The highest BCUT2D eigenvalue weighted by molar-refractivity contribution is 7.18. The van der Waals surface area contributed by atoms with Gasteiger partial charge in [0, 0.05) is 6.42 Å². The van der Waals surface area contributed by atoms with Crippen molar-refractivity contribution in [3.63, 3.8) is 0 Å². The van der Waals surface area contributed by atoms with E-state index in [0.717, 1.165) is 30.6 Å². The summed E-state index contributed by atoms with van der Waals surface area (Å²) in [6.45, 7) is 0. The second-order valence-electron chi connectivity index (χ2n) is 4.30. The molecule has 4 nitrogen and oxygen atoms in total. The van der Waals surface area contributed by atoms with Crippen LogP contribution in [0.3, 0.4) is 0 Å². The lowest BCUT2D eigenvalue weighted by molar-refractivity contribution is -0.115. The molecule has 5 heteroatoms. The van der Waals surface area contributed by atoms with Crippen molar-refractivity contribution >= 4 is 28.2 Å². The van der Waals surface area contributed by atoms with Gasteiger partial charge in [0.2, 0.25) is 5.91 Å². The van der Waals surface area contributed by atoms with Crippen LogP contribution in [0.15, 0.2) is 23.8 Å². The highest BCUT2D eigenvalue weighted by Crippen LogP contribution is 2.24. The summed E-state index contributed by atoms with van der Waals surface area (Å²) < 4.78 is 0. The summed E-state index contributed by atoms with van der Waals surface area (Å²) >= 11 is 1.08. The largest absolute Gasteiger partial charge is 0.477 e. The molecular weight excluding hydrogens is 250 g/mol. The Morgan fingerprint density at radius 2 is 2.17 bits per heavy atom. The van der Waals surface area contributed by atoms with E-state index in [1.165, 1.54) is 18.1 Å². The minimum Gasteiger partial charge on any atom is -0.477 e. The van der Waals surface area contributed by atoms with Gasteiger partial charge in [-0.25, -0.2) is 4.79 Å². The Labute approximate surface area is 109 Å². The maximum absolute atomic E-state index is 11.8. The molecule has 1 aliphatic carbocycles. The van der Waals surface area contributed by atoms with Crippen LogP contribution in [0.1, 0.15) is 41.8 Å². The van der Waals surface area contributed by atoms with E-state index in [-0.39, 0.29) is 10.8 Å².